The molecule has 0 radical (unpaired) electrons. The number of aromatic hydroxyl groups is 1. The summed E-state index contributed by atoms with van der Waals surface area (Å²) in [5, 5.41) is 15.2. The van der Waals surface area contributed by atoms with Gasteiger partial charge in [0.25, 0.3) is 5.91 Å². The average Bonchev–Trinajstić information content (AvgIpc) is 2.75. The molecular formula is C22H20N4O3. The van der Waals surface area contributed by atoms with Crippen LogP contribution in [0.4, 0.5) is 11.5 Å². The zero-order chi connectivity index (χ0) is 20.2. The zero-order valence-corrected chi connectivity index (χ0v) is 15.6. The Morgan fingerprint density at radius 2 is 1.86 bits per heavy atom. The fraction of sp³-hybridized carbons (Fsp3) is 0.136. The van der Waals surface area contributed by atoms with Crippen LogP contribution >= 0.6 is 0 Å². The molecule has 4 rings (SSSR count). The number of nitrogens with zero attached hydrogens (tertiary/aromatic N) is 2. The van der Waals surface area contributed by atoms with Gasteiger partial charge in [0.1, 0.15) is 5.75 Å². The van der Waals surface area contributed by atoms with Crippen molar-refractivity contribution in [2.24, 2.45) is 0 Å². The highest BCUT2D eigenvalue weighted by Gasteiger charge is 2.26. The Kier molecular flexibility index (Phi) is 5.11. The number of hydrogen-bond acceptors (Lipinski definition) is 5. The van der Waals surface area contributed by atoms with Crippen LogP contribution in [-0.2, 0) is 17.9 Å². The maximum absolute atomic E-state index is 12.6. The van der Waals surface area contributed by atoms with E-state index in [1.54, 1.807) is 35.2 Å². The largest absolute Gasteiger partial charge is 0.508 e. The number of phenols is 1. The van der Waals surface area contributed by atoms with Crippen LogP contribution in [0.1, 0.15) is 21.5 Å². The van der Waals surface area contributed by atoms with E-state index < -0.39 is 0 Å². The lowest BCUT2D eigenvalue weighted by molar-refractivity contribution is -0.117. The number of fused-ring (bicyclic) bond motifs is 1. The molecule has 0 unspecified atom stereocenters. The Morgan fingerprint density at radius 3 is 2.62 bits per heavy atom. The second kappa shape index (κ2) is 8.02. The molecule has 2 amide bonds. The van der Waals surface area contributed by atoms with Crippen LogP contribution in [0.25, 0.3) is 0 Å². The molecule has 29 heavy (non-hydrogen) atoms. The maximum atomic E-state index is 12.6. The van der Waals surface area contributed by atoms with E-state index in [0.717, 1.165) is 11.1 Å². The molecule has 2 aromatic carbocycles. The van der Waals surface area contributed by atoms with Crippen molar-refractivity contribution in [1.29, 1.82) is 0 Å². The standard InChI is InChI=1S/C22H20N4O3/c27-18-8-6-15(7-9-18)11-25-22(29)17-10-19-21(23-12-17)24-13-20(28)26(19)14-16-4-2-1-3-5-16/h1-10,12,27H,11,13-14H2,(H,23,24)(H,25,29). The summed E-state index contributed by atoms with van der Waals surface area (Å²) in [5.41, 5.74) is 2.82. The summed E-state index contributed by atoms with van der Waals surface area (Å²) < 4.78 is 0. The lowest BCUT2D eigenvalue weighted by Gasteiger charge is -2.29. The maximum Gasteiger partial charge on any atom is 0.253 e. The molecule has 0 fully saturated rings. The van der Waals surface area contributed by atoms with Gasteiger partial charge in [0.15, 0.2) is 5.82 Å². The summed E-state index contributed by atoms with van der Waals surface area (Å²) in [4.78, 5) is 31.1. The summed E-state index contributed by atoms with van der Waals surface area (Å²) in [5.74, 6) is 0.390. The third kappa shape index (κ3) is 4.19. The van der Waals surface area contributed by atoms with Crippen LogP contribution in [0.5, 0.6) is 5.75 Å². The fourth-order valence-electron chi connectivity index (χ4n) is 3.15. The first-order chi connectivity index (χ1) is 14.1. The molecule has 3 N–H and O–H groups in total. The Labute approximate surface area is 168 Å². The lowest BCUT2D eigenvalue weighted by atomic mass is 10.1. The van der Waals surface area contributed by atoms with Crippen molar-refractivity contribution < 1.29 is 14.7 Å². The Morgan fingerprint density at radius 1 is 1.10 bits per heavy atom. The van der Waals surface area contributed by atoms with Gasteiger partial charge < -0.3 is 20.6 Å². The number of hydrogen-bond donors (Lipinski definition) is 3. The molecule has 3 aromatic rings. The van der Waals surface area contributed by atoms with E-state index in [1.165, 1.54) is 6.20 Å². The van der Waals surface area contributed by atoms with Gasteiger partial charge in [-0.25, -0.2) is 4.98 Å². The minimum Gasteiger partial charge on any atom is -0.508 e. The Hall–Kier alpha value is -3.87. The quantitative estimate of drug-likeness (QED) is 0.625. The van der Waals surface area contributed by atoms with Crippen molar-refractivity contribution in [1.82, 2.24) is 10.3 Å². The molecule has 2 heterocycles. The topological polar surface area (TPSA) is 94.6 Å². The van der Waals surface area contributed by atoms with Crippen molar-refractivity contribution >= 4 is 23.3 Å². The Bertz CT molecular complexity index is 1040. The van der Waals surface area contributed by atoms with Crippen LogP contribution in [0.15, 0.2) is 66.9 Å². The van der Waals surface area contributed by atoms with Gasteiger partial charge in [-0.05, 0) is 29.3 Å². The van der Waals surface area contributed by atoms with E-state index in [-0.39, 0.29) is 24.1 Å². The van der Waals surface area contributed by atoms with E-state index in [4.69, 9.17) is 0 Å². The fourth-order valence-corrected chi connectivity index (χ4v) is 3.15. The van der Waals surface area contributed by atoms with Crippen molar-refractivity contribution in [2.45, 2.75) is 13.1 Å². The van der Waals surface area contributed by atoms with E-state index in [1.807, 2.05) is 30.3 Å². The third-order valence-electron chi connectivity index (χ3n) is 4.70. The van der Waals surface area contributed by atoms with Gasteiger partial charge in [-0.2, -0.15) is 0 Å². The van der Waals surface area contributed by atoms with E-state index in [2.05, 4.69) is 15.6 Å². The highest BCUT2D eigenvalue weighted by atomic mass is 16.3. The molecular weight excluding hydrogens is 368 g/mol. The molecule has 7 nitrogen and oxygen atoms in total. The number of amides is 2. The van der Waals surface area contributed by atoms with Crippen LogP contribution in [-0.4, -0.2) is 28.4 Å². The number of pyridine rings is 1. The first-order valence-electron chi connectivity index (χ1n) is 9.24. The van der Waals surface area contributed by atoms with E-state index in [0.29, 0.717) is 30.2 Å². The van der Waals surface area contributed by atoms with Crippen LogP contribution < -0.4 is 15.5 Å². The molecule has 1 aliphatic rings. The number of rotatable bonds is 5. The molecule has 0 saturated carbocycles. The number of benzene rings is 2. The molecule has 0 bridgehead atoms. The smallest absolute Gasteiger partial charge is 0.253 e. The summed E-state index contributed by atoms with van der Waals surface area (Å²) in [6.07, 6.45) is 1.49. The minimum atomic E-state index is -0.286. The molecule has 7 heteroatoms. The Balaban J connectivity index is 1.53. The van der Waals surface area contributed by atoms with E-state index in [9.17, 15) is 14.7 Å². The zero-order valence-electron chi connectivity index (χ0n) is 15.6. The predicted molar refractivity (Wildman–Crippen MR) is 110 cm³/mol. The number of carbonyl (C=O) groups excluding carboxylic acids is 2. The summed E-state index contributed by atoms with van der Waals surface area (Å²) in [6, 6.07) is 18.0. The molecule has 0 spiro atoms. The van der Waals surface area contributed by atoms with Crippen molar-refractivity contribution in [3.63, 3.8) is 0 Å². The molecule has 146 valence electrons. The van der Waals surface area contributed by atoms with Gasteiger partial charge in [0, 0.05) is 12.7 Å². The van der Waals surface area contributed by atoms with Crippen LogP contribution in [0, 0.1) is 0 Å². The second-order valence-electron chi connectivity index (χ2n) is 6.76. The predicted octanol–water partition coefficient (Wildman–Crippen LogP) is 2.68. The number of carbonyl (C=O) groups is 2. The van der Waals surface area contributed by atoms with Gasteiger partial charge in [-0.15, -0.1) is 0 Å². The SMILES string of the molecule is O=C(NCc1ccc(O)cc1)c1cnc2c(c1)N(Cc1ccccc1)C(=O)CN2. The van der Waals surface area contributed by atoms with Crippen molar-refractivity contribution in [3.8, 4) is 5.75 Å². The molecule has 1 aromatic heterocycles. The summed E-state index contributed by atoms with van der Waals surface area (Å²) in [6.45, 7) is 0.898. The second-order valence-corrected chi connectivity index (χ2v) is 6.76. The highest BCUT2D eigenvalue weighted by molar-refractivity contribution is 6.04. The lowest BCUT2D eigenvalue weighted by Crippen LogP contribution is -2.40. The van der Waals surface area contributed by atoms with Crippen LogP contribution in [0.2, 0.25) is 0 Å². The van der Waals surface area contributed by atoms with Gasteiger partial charge in [0.05, 0.1) is 24.3 Å². The highest BCUT2D eigenvalue weighted by Crippen LogP contribution is 2.29. The summed E-state index contributed by atoms with van der Waals surface area (Å²) in [7, 11) is 0. The van der Waals surface area contributed by atoms with Gasteiger partial charge in [0.2, 0.25) is 5.91 Å². The normalized spacial score (nSPS) is 12.8. The van der Waals surface area contributed by atoms with Crippen LogP contribution in [0.3, 0.4) is 0 Å². The van der Waals surface area contributed by atoms with Crippen molar-refractivity contribution in [3.05, 3.63) is 83.6 Å². The monoisotopic (exact) mass is 388 g/mol. The van der Waals surface area contributed by atoms with Gasteiger partial charge in [-0.1, -0.05) is 42.5 Å². The first-order valence-corrected chi connectivity index (χ1v) is 9.24. The van der Waals surface area contributed by atoms with E-state index >= 15 is 0 Å². The summed E-state index contributed by atoms with van der Waals surface area (Å²) >= 11 is 0. The molecule has 0 aliphatic carbocycles. The molecule has 0 saturated heterocycles. The first kappa shape index (κ1) is 18.5. The minimum absolute atomic E-state index is 0.0789. The molecule has 1 aliphatic heterocycles. The van der Waals surface area contributed by atoms with Gasteiger partial charge >= 0.3 is 0 Å². The number of aromatic nitrogens is 1. The van der Waals surface area contributed by atoms with Crippen molar-refractivity contribution in [2.75, 3.05) is 16.8 Å². The number of anilines is 2. The van der Waals surface area contributed by atoms with Gasteiger partial charge in [-0.3, -0.25) is 9.59 Å². The average molecular weight is 388 g/mol. The number of nitrogens with one attached hydrogen (secondary N) is 2. The number of phenolic OH excluding ortho intramolecular Hbond substituents is 1. The third-order valence-corrected chi connectivity index (χ3v) is 4.70. The molecule has 0 atom stereocenters.